The van der Waals surface area contributed by atoms with Gasteiger partial charge in [0.05, 0.1) is 5.52 Å². The van der Waals surface area contributed by atoms with Gasteiger partial charge in [0.2, 0.25) is 0 Å². The van der Waals surface area contributed by atoms with Gasteiger partial charge in [-0.3, -0.25) is 0 Å². The molecule has 1 saturated carbocycles. The van der Waals surface area contributed by atoms with Crippen LogP contribution in [-0.2, 0) is 7.05 Å². The lowest BCUT2D eigenvalue weighted by atomic mass is 9.99. The van der Waals surface area contributed by atoms with Crippen molar-refractivity contribution in [3.8, 4) is 0 Å². The molecule has 1 aliphatic carbocycles. The molecule has 0 atom stereocenters. The van der Waals surface area contributed by atoms with Gasteiger partial charge in [-0.25, -0.2) is 9.78 Å². The van der Waals surface area contributed by atoms with Crippen molar-refractivity contribution in [2.24, 2.45) is 7.05 Å². The molecule has 0 unspecified atom stereocenters. The average Bonchev–Trinajstić information content (AvgIpc) is 3.38. The fourth-order valence-electron chi connectivity index (χ4n) is 3.48. The topological polar surface area (TPSA) is 67.2 Å². The van der Waals surface area contributed by atoms with Crippen molar-refractivity contribution in [3.63, 3.8) is 0 Å². The SMILES string of the molecule is CC(C)c1cc(Nc2nc(C3CC3)ccc2C(=O)O)cc2ccn(C)c12. The van der Waals surface area contributed by atoms with Crippen molar-refractivity contribution in [1.82, 2.24) is 9.55 Å². The van der Waals surface area contributed by atoms with Crippen molar-refractivity contribution in [3.05, 3.63) is 53.3 Å². The van der Waals surface area contributed by atoms with Gasteiger partial charge in [-0.05, 0) is 54.7 Å². The van der Waals surface area contributed by atoms with E-state index in [-0.39, 0.29) is 5.56 Å². The first-order valence-corrected chi connectivity index (χ1v) is 9.04. The number of anilines is 2. The van der Waals surface area contributed by atoms with E-state index in [2.05, 4.69) is 53.1 Å². The maximum absolute atomic E-state index is 11.6. The molecule has 134 valence electrons. The van der Waals surface area contributed by atoms with Gasteiger partial charge in [-0.15, -0.1) is 0 Å². The lowest BCUT2D eigenvalue weighted by Gasteiger charge is -2.15. The third-order valence-corrected chi connectivity index (χ3v) is 5.03. The monoisotopic (exact) mass is 349 g/mol. The summed E-state index contributed by atoms with van der Waals surface area (Å²) in [4.78, 5) is 16.2. The first kappa shape index (κ1) is 16.6. The first-order chi connectivity index (χ1) is 12.4. The molecule has 0 amide bonds. The molecule has 2 aromatic heterocycles. The second-order valence-electron chi connectivity index (χ2n) is 7.42. The van der Waals surface area contributed by atoms with E-state index in [0.717, 1.165) is 29.6 Å². The summed E-state index contributed by atoms with van der Waals surface area (Å²) in [5.74, 6) is 0.290. The van der Waals surface area contributed by atoms with Gasteiger partial charge >= 0.3 is 5.97 Å². The summed E-state index contributed by atoms with van der Waals surface area (Å²) in [6.45, 7) is 4.33. The number of aryl methyl sites for hydroxylation is 1. The van der Waals surface area contributed by atoms with Gasteiger partial charge in [-0.1, -0.05) is 13.8 Å². The molecular formula is C21H23N3O2. The highest BCUT2D eigenvalue weighted by Crippen LogP contribution is 2.40. The van der Waals surface area contributed by atoms with Crippen molar-refractivity contribution in [1.29, 1.82) is 0 Å². The Hall–Kier alpha value is -2.82. The summed E-state index contributed by atoms with van der Waals surface area (Å²) in [7, 11) is 2.05. The molecule has 3 aromatic rings. The highest BCUT2D eigenvalue weighted by atomic mass is 16.4. The molecule has 0 spiro atoms. The Bertz CT molecular complexity index is 1000. The molecule has 0 radical (unpaired) electrons. The van der Waals surface area contributed by atoms with Gasteiger partial charge in [0.15, 0.2) is 0 Å². The van der Waals surface area contributed by atoms with E-state index in [0.29, 0.717) is 17.7 Å². The van der Waals surface area contributed by atoms with Gasteiger partial charge in [0, 0.05) is 35.9 Å². The number of hydrogen-bond donors (Lipinski definition) is 2. The van der Waals surface area contributed by atoms with Crippen LogP contribution in [0.2, 0.25) is 0 Å². The summed E-state index contributed by atoms with van der Waals surface area (Å²) >= 11 is 0. The van der Waals surface area contributed by atoms with E-state index in [1.165, 1.54) is 11.1 Å². The zero-order chi connectivity index (χ0) is 18.4. The molecule has 5 heteroatoms. The predicted molar refractivity (Wildman–Crippen MR) is 103 cm³/mol. The zero-order valence-electron chi connectivity index (χ0n) is 15.3. The fourth-order valence-corrected chi connectivity index (χ4v) is 3.48. The molecule has 2 heterocycles. The molecule has 1 aromatic carbocycles. The van der Waals surface area contributed by atoms with Crippen molar-refractivity contribution in [2.45, 2.75) is 38.5 Å². The Balaban J connectivity index is 1.79. The van der Waals surface area contributed by atoms with Crippen LogP contribution >= 0.6 is 0 Å². The Kier molecular flexibility index (Phi) is 3.94. The number of nitrogens with zero attached hydrogens (tertiary/aromatic N) is 2. The number of carboxylic acids is 1. The van der Waals surface area contributed by atoms with Gasteiger partial charge in [-0.2, -0.15) is 0 Å². The molecular weight excluding hydrogens is 326 g/mol. The predicted octanol–water partition coefficient (Wildman–Crippen LogP) is 5.02. The largest absolute Gasteiger partial charge is 0.478 e. The Morgan fingerprint density at radius 1 is 1.27 bits per heavy atom. The lowest BCUT2D eigenvalue weighted by Crippen LogP contribution is -2.07. The van der Waals surface area contributed by atoms with Crippen molar-refractivity contribution < 1.29 is 9.90 Å². The Morgan fingerprint density at radius 3 is 2.69 bits per heavy atom. The fraction of sp³-hybridized carbons (Fsp3) is 0.333. The summed E-state index contributed by atoms with van der Waals surface area (Å²) in [6.07, 6.45) is 4.31. The van der Waals surface area contributed by atoms with Crippen LogP contribution in [0.4, 0.5) is 11.5 Å². The highest BCUT2D eigenvalue weighted by molar-refractivity contribution is 5.95. The van der Waals surface area contributed by atoms with Crippen LogP contribution in [0, 0.1) is 0 Å². The number of pyridine rings is 1. The van der Waals surface area contributed by atoms with E-state index < -0.39 is 5.97 Å². The Labute approximate surface area is 152 Å². The molecule has 5 nitrogen and oxygen atoms in total. The smallest absolute Gasteiger partial charge is 0.339 e. The maximum Gasteiger partial charge on any atom is 0.339 e. The van der Waals surface area contributed by atoms with Crippen molar-refractivity contribution >= 4 is 28.4 Å². The van der Waals surface area contributed by atoms with Gasteiger partial charge in [0.25, 0.3) is 0 Å². The quantitative estimate of drug-likeness (QED) is 0.679. The van der Waals surface area contributed by atoms with Gasteiger partial charge < -0.3 is 15.0 Å². The second-order valence-corrected chi connectivity index (χ2v) is 7.42. The average molecular weight is 349 g/mol. The second kappa shape index (κ2) is 6.16. The van der Waals surface area contributed by atoms with Crippen LogP contribution in [0.25, 0.3) is 10.9 Å². The van der Waals surface area contributed by atoms with Crippen LogP contribution in [0.15, 0.2) is 36.5 Å². The summed E-state index contributed by atoms with van der Waals surface area (Å²) < 4.78 is 2.13. The van der Waals surface area contributed by atoms with Crippen LogP contribution in [0.1, 0.15) is 60.1 Å². The number of hydrogen-bond acceptors (Lipinski definition) is 3. The number of carbonyl (C=O) groups is 1. The number of nitrogens with one attached hydrogen (secondary N) is 1. The van der Waals surface area contributed by atoms with Crippen LogP contribution in [0.3, 0.4) is 0 Å². The third-order valence-electron chi connectivity index (χ3n) is 5.03. The van der Waals surface area contributed by atoms with Gasteiger partial charge in [0.1, 0.15) is 11.4 Å². The number of aromatic nitrogens is 2. The van der Waals surface area contributed by atoms with Crippen LogP contribution in [-0.4, -0.2) is 20.6 Å². The minimum Gasteiger partial charge on any atom is -0.478 e. The number of rotatable bonds is 5. The van der Waals surface area contributed by atoms with E-state index >= 15 is 0 Å². The lowest BCUT2D eigenvalue weighted by molar-refractivity contribution is 0.0697. The molecule has 0 aliphatic heterocycles. The number of carboxylic acid groups (broad SMARTS) is 1. The summed E-state index contributed by atoms with van der Waals surface area (Å²) in [6, 6.07) is 9.74. The molecule has 2 N–H and O–H groups in total. The summed E-state index contributed by atoms with van der Waals surface area (Å²) in [5, 5.41) is 13.9. The maximum atomic E-state index is 11.6. The molecule has 1 aliphatic rings. The van der Waals surface area contributed by atoms with E-state index in [1.807, 2.05) is 13.1 Å². The molecule has 0 bridgehead atoms. The third kappa shape index (κ3) is 2.94. The number of fused-ring (bicyclic) bond motifs is 1. The normalized spacial score (nSPS) is 14.2. The first-order valence-electron chi connectivity index (χ1n) is 9.04. The molecule has 4 rings (SSSR count). The minimum absolute atomic E-state index is 0.202. The van der Waals surface area contributed by atoms with Crippen LogP contribution < -0.4 is 5.32 Å². The standard InChI is InChI=1S/C21H23N3O2/c1-12(2)17-11-15(10-14-8-9-24(3)19(14)17)22-20-16(21(25)26)6-7-18(23-20)13-4-5-13/h6-13H,4-5H2,1-3H3,(H,22,23)(H,25,26). The number of aromatic carboxylic acids is 1. The zero-order valence-corrected chi connectivity index (χ0v) is 15.3. The van der Waals surface area contributed by atoms with E-state index in [9.17, 15) is 9.90 Å². The van der Waals surface area contributed by atoms with Crippen molar-refractivity contribution in [2.75, 3.05) is 5.32 Å². The minimum atomic E-state index is -0.966. The van der Waals surface area contributed by atoms with Crippen LogP contribution in [0.5, 0.6) is 0 Å². The number of benzene rings is 1. The molecule has 26 heavy (non-hydrogen) atoms. The molecule has 1 fully saturated rings. The van der Waals surface area contributed by atoms with E-state index in [1.54, 1.807) is 6.07 Å². The molecule has 0 saturated heterocycles. The van der Waals surface area contributed by atoms with E-state index in [4.69, 9.17) is 0 Å². The Morgan fingerprint density at radius 2 is 2.04 bits per heavy atom. The highest BCUT2D eigenvalue weighted by Gasteiger charge is 2.26. The summed E-state index contributed by atoms with van der Waals surface area (Å²) in [5.41, 5.74) is 4.49.